The molecular formula is C15H26O2. The van der Waals surface area contributed by atoms with E-state index >= 15 is 0 Å². The quantitative estimate of drug-likeness (QED) is 0.467. The van der Waals surface area contributed by atoms with Crippen LogP contribution in [0.1, 0.15) is 65.7 Å². The van der Waals surface area contributed by atoms with Crippen LogP contribution in [-0.2, 0) is 9.53 Å². The minimum absolute atomic E-state index is 0.0112. The van der Waals surface area contributed by atoms with E-state index in [0.29, 0.717) is 0 Å². The lowest BCUT2D eigenvalue weighted by molar-refractivity contribution is -0.139. The van der Waals surface area contributed by atoms with E-state index in [2.05, 4.69) is 13.8 Å². The van der Waals surface area contributed by atoms with E-state index in [1.165, 1.54) is 32.1 Å². The van der Waals surface area contributed by atoms with Crippen LogP contribution in [0.2, 0.25) is 0 Å². The van der Waals surface area contributed by atoms with E-state index in [9.17, 15) is 4.79 Å². The summed E-state index contributed by atoms with van der Waals surface area (Å²) < 4.78 is 5.07. The summed E-state index contributed by atoms with van der Waals surface area (Å²) in [4.78, 5) is 11.3. The molecular weight excluding hydrogens is 212 g/mol. The second-order valence-electron chi connectivity index (χ2n) is 5.27. The zero-order chi connectivity index (χ0) is 12.7. The molecule has 0 aromatic heterocycles. The maximum Gasteiger partial charge on any atom is 0.334 e. The monoisotopic (exact) mass is 238 g/mol. The van der Waals surface area contributed by atoms with Gasteiger partial charge in [-0.2, -0.15) is 0 Å². The molecule has 0 saturated carbocycles. The normalized spacial score (nSPS) is 21.2. The Hall–Kier alpha value is -0.790. The van der Waals surface area contributed by atoms with E-state index < -0.39 is 0 Å². The lowest BCUT2D eigenvalue weighted by Crippen LogP contribution is -2.03. The van der Waals surface area contributed by atoms with E-state index in [4.69, 9.17) is 4.74 Å². The lowest BCUT2D eigenvalue weighted by Gasteiger charge is -2.07. The molecule has 2 unspecified atom stereocenters. The van der Waals surface area contributed by atoms with Crippen molar-refractivity contribution in [1.82, 2.24) is 0 Å². The molecule has 0 aromatic rings. The van der Waals surface area contributed by atoms with Crippen LogP contribution in [0.4, 0.5) is 0 Å². The number of carbonyl (C=O) groups is 1. The summed E-state index contributed by atoms with van der Waals surface area (Å²) in [6, 6.07) is 0. The summed E-state index contributed by atoms with van der Waals surface area (Å²) in [7, 11) is 0. The minimum Gasteiger partial charge on any atom is -0.455 e. The van der Waals surface area contributed by atoms with Gasteiger partial charge in [-0.05, 0) is 31.8 Å². The maximum atomic E-state index is 11.3. The first-order valence-corrected chi connectivity index (χ1v) is 7.05. The summed E-state index contributed by atoms with van der Waals surface area (Å²) in [5.74, 6) is 0.764. The Morgan fingerprint density at radius 3 is 2.59 bits per heavy atom. The van der Waals surface area contributed by atoms with Crippen LogP contribution in [0.5, 0.6) is 0 Å². The number of rotatable bonds is 8. The molecule has 98 valence electrons. The van der Waals surface area contributed by atoms with E-state index in [-0.39, 0.29) is 12.1 Å². The van der Waals surface area contributed by atoms with Crippen molar-refractivity contribution >= 4 is 5.97 Å². The molecule has 1 heterocycles. The molecule has 2 atom stereocenters. The van der Waals surface area contributed by atoms with Gasteiger partial charge in [0, 0.05) is 5.57 Å². The van der Waals surface area contributed by atoms with Gasteiger partial charge in [-0.1, -0.05) is 46.0 Å². The average molecular weight is 238 g/mol. The Morgan fingerprint density at radius 2 is 2.00 bits per heavy atom. The average Bonchev–Trinajstić information content (AvgIpc) is 2.62. The molecule has 0 N–H and O–H groups in total. The van der Waals surface area contributed by atoms with Gasteiger partial charge in [-0.3, -0.25) is 0 Å². The van der Waals surface area contributed by atoms with Crippen LogP contribution in [0.15, 0.2) is 11.6 Å². The second kappa shape index (κ2) is 7.52. The first-order valence-electron chi connectivity index (χ1n) is 7.05. The van der Waals surface area contributed by atoms with Crippen LogP contribution >= 0.6 is 0 Å². The molecule has 0 saturated heterocycles. The first kappa shape index (κ1) is 14.3. The highest BCUT2D eigenvalue weighted by Gasteiger charge is 2.20. The molecule has 0 aromatic carbocycles. The van der Waals surface area contributed by atoms with Gasteiger partial charge in [-0.25, -0.2) is 4.79 Å². The summed E-state index contributed by atoms with van der Waals surface area (Å²) in [6.07, 6.45) is 10.5. The Balaban J connectivity index is 2.01. The van der Waals surface area contributed by atoms with Gasteiger partial charge in [-0.15, -0.1) is 0 Å². The number of ether oxygens (including phenoxy) is 1. The maximum absolute atomic E-state index is 11.3. The topological polar surface area (TPSA) is 26.3 Å². The van der Waals surface area contributed by atoms with Gasteiger partial charge in [0.1, 0.15) is 6.10 Å². The summed E-state index contributed by atoms with van der Waals surface area (Å²) in [5, 5.41) is 0. The van der Waals surface area contributed by atoms with Gasteiger partial charge in [0.05, 0.1) is 0 Å². The molecule has 1 aliphatic rings. The van der Waals surface area contributed by atoms with Gasteiger partial charge in [0.25, 0.3) is 0 Å². The zero-order valence-electron chi connectivity index (χ0n) is 11.5. The lowest BCUT2D eigenvalue weighted by atomic mass is 9.99. The predicted molar refractivity (Wildman–Crippen MR) is 70.8 cm³/mol. The van der Waals surface area contributed by atoms with Crippen LogP contribution in [-0.4, -0.2) is 12.1 Å². The van der Waals surface area contributed by atoms with Crippen LogP contribution in [0.3, 0.4) is 0 Å². The third-order valence-corrected chi connectivity index (χ3v) is 3.58. The van der Waals surface area contributed by atoms with Crippen molar-refractivity contribution in [1.29, 1.82) is 0 Å². The van der Waals surface area contributed by atoms with Crippen molar-refractivity contribution in [3.05, 3.63) is 11.6 Å². The van der Waals surface area contributed by atoms with Crippen molar-refractivity contribution in [3.8, 4) is 0 Å². The van der Waals surface area contributed by atoms with Crippen molar-refractivity contribution in [3.63, 3.8) is 0 Å². The Morgan fingerprint density at radius 1 is 1.29 bits per heavy atom. The molecule has 17 heavy (non-hydrogen) atoms. The Labute approximate surface area is 105 Å². The summed E-state index contributed by atoms with van der Waals surface area (Å²) in [5.41, 5.74) is 0.888. The molecule has 1 rings (SSSR count). The number of carbonyl (C=O) groups excluding carboxylic acids is 1. The molecule has 0 amide bonds. The van der Waals surface area contributed by atoms with Gasteiger partial charge < -0.3 is 4.74 Å². The van der Waals surface area contributed by atoms with Crippen molar-refractivity contribution in [2.45, 2.75) is 71.8 Å². The number of hydrogen-bond acceptors (Lipinski definition) is 2. The Kier molecular flexibility index (Phi) is 6.31. The van der Waals surface area contributed by atoms with Crippen molar-refractivity contribution < 1.29 is 9.53 Å². The van der Waals surface area contributed by atoms with Gasteiger partial charge in [0.15, 0.2) is 0 Å². The third-order valence-electron chi connectivity index (χ3n) is 3.58. The molecule has 1 aliphatic heterocycles. The van der Waals surface area contributed by atoms with Crippen LogP contribution in [0, 0.1) is 5.92 Å². The predicted octanol–water partition coefficient (Wildman–Crippen LogP) is 4.24. The number of esters is 1. The van der Waals surface area contributed by atoms with Gasteiger partial charge in [0.2, 0.25) is 0 Å². The Bertz CT molecular complexity index is 268. The third kappa shape index (κ3) is 5.38. The SMILES string of the molecule is CCC(C)CCCCCCC1=CC(C)OC1=O. The number of unbranched alkanes of at least 4 members (excludes halogenated alkanes) is 3. The highest BCUT2D eigenvalue weighted by Crippen LogP contribution is 2.20. The fraction of sp³-hybridized carbons (Fsp3) is 0.800. The van der Waals surface area contributed by atoms with E-state index in [1.54, 1.807) is 0 Å². The van der Waals surface area contributed by atoms with Crippen LogP contribution in [0.25, 0.3) is 0 Å². The first-order chi connectivity index (χ1) is 8.13. The minimum atomic E-state index is -0.0999. The van der Waals surface area contributed by atoms with E-state index in [0.717, 1.165) is 24.3 Å². The largest absolute Gasteiger partial charge is 0.455 e. The second-order valence-corrected chi connectivity index (χ2v) is 5.27. The smallest absolute Gasteiger partial charge is 0.334 e. The standard InChI is InChI=1S/C15H26O2/c1-4-12(2)9-7-5-6-8-10-14-11-13(3)17-15(14)16/h11-13H,4-10H2,1-3H3. The number of cyclic esters (lactones) is 1. The van der Waals surface area contributed by atoms with Crippen molar-refractivity contribution in [2.75, 3.05) is 0 Å². The highest BCUT2D eigenvalue weighted by molar-refractivity contribution is 5.90. The van der Waals surface area contributed by atoms with Gasteiger partial charge >= 0.3 is 5.97 Å². The zero-order valence-corrected chi connectivity index (χ0v) is 11.5. The van der Waals surface area contributed by atoms with Crippen molar-refractivity contribution in [2.24, 2.45) is 5.92 Å². The number of hydrogen-bond donors (Lipinski definition) is 0. The summed E-state index contributed by atoms with van der Waals surface area (Å²) in [6.45, 7) is 6.49. The fourth-order valence-electron chi connectivity index (χ4n) is 2.18. The molecule has 0 spiro atoms. The summed E-state index contributed by atoms with van der Waals surface area (Å²) >= 11 is 0. The fourth-order valence-corrected chi connectivity index (χ4v) is 2.18. The molecule has 0 bridgehead atoms. The molecule has 2 nitrogen and oxygen atoms in total. The molecule has 0 aliphatic carbocycles. The molecule has 2 heteroatoms. The van der Waals surface area contributed by atoms with Crippen LogP contribution < -0.4 is 0 Å². The molecule has 0 radical (unpaired) electrons. The van der Waals surface area contributed by atoms with E-state index in [1.807, 2.05) is 13.0 Å². The highest BCUT2D eigenvalue weighted by atomic mass is 16.5. The molecule has 0 fully saturated rings.